The van der Waals surface area contributed by atoms with Crippen LogP contribution < -0.4 is 20.8 Å². The van der Waals surface area contributed by atoms with Gasteiger partial charge in [-0.25, -0.2) is 15.0 Å². The summed E-state index contributed by atoms with van der Waals surface area (Å²) in [4.78, 5) is 31.3. The molecule has 5 rings (SSSR count). The molecule has 10 heteroatoms. The number of anilines is 1. The number of aromatic nitrogens is 4. The lowest BCUT2D eigenvalue weighted by atomic mass is 9.80. The van der Waals surface area contributed by atoms with Gasteiger partial charge in [-0.1, -0.05) is 18.2 Å². The molecule has 1 atom stereocenters. The first-order valence-electron chi connectivity index (χ1n) is 10.6. The van der Waals surface area contributed by atoms with Gasteiger partial charge in [0.25, 0.3) is 0 Å². The number of nitrogens with one attached hydrogen (secondary N) is 2. The Bertz CT molecular complexity index is 1540. The van der Waals surface area contributed by atoms with Crippen molar-refractivity contribution in [2.45, 2.75) is 19.5 Å². The second kappa shape index (κ2) is 7.82. The zero-order chi connectivity index (χ0) is 24.1. The number of amides is 1. The van der Waals surface area contributed by atoms with Crippen LogP contribution in [0.5, 0.6) is 0 Å². The Balaban J connectivity index is 1.69. The molecule has 1 aliphatic rings. The molecule has 1 unspecified atom stereocenters. The highest BCUT2D eigenvalue weighted by atomic mass is 19.4. The lowest BCUT2D eigenvalue weighted by Crippen LogP contribution is -2.49. The minimum absolute atomic E-state index is 0.163. The predicted molar refractivity (Wildman–Crippen MR) is 123 cm³/mol. The minimum atomic E-state index is -4.50. The topological polar surface area (TPSA) is 86.8 Å². The second-order valence-electron chi connectivity index (χ2n) is 8.59. The Kier molecular flexibility index (Phi) is 5.03. The Morgan fingerprint density at radius 1 is 1.24 bits per heavy atom. The normalized spacial score (nSPS) is 18.0. The van der Waals surface area contributed by atoms with Gasteiger partial charge in [0.15, 0.2) is 0 Å². The Morgan fingerprint density at radius 2 is 2.03 bits per heavy atom. The van der Waals surface area contributed by atoms with Gasteiger partial charge in [-0.15, -0.1) is 0 Å². The first-order chi connectivity index (χ1) is 16.1. The third kappa shape index (κ3) is 3.85. The molecule has 4 aromatic rings. The number of carbonyl (C=O) groups is 1. The number of carbonyl (C=O) groups excluding carboxylic acids is 1. The van der Waals surface area contributed by atoms with Gasteiger partial charge in [-0.3, -0.25) is 4.79 Å². The van der Waals surface area contributed by atoms with Gasteiger partial charge in [-0.05, 0) is 31.2 Å². The number of aromatic amines is 1. The zero-order valence-electron chi connectivity index (χ0n) is 18.4. The third-order valence-corrected chi connectivity index (χ3v) is 6.08. The fourth-order valence-corrected chi connectivity index (χ4v) is 4.35. The number of pyridine rings is 1. The summed E-state index contributed by atoms with van der Waals surface area (Å²) in [6, 6.07) is 11.4. The molecule has 1 aromatic carbocycles. The standard InChI is InChI=1S/C24H21F3N6O/c1-23(22(34)29-12-24(25,26)27)10-18-16(9-14-5-3-4-6-17(14)32-18)19(11-23)33(2)21-15-7-8-28-20(15)30-13-31-21/h3-10,13H,11-12H2,1-2H3,(H,29,34)(H,28,30,31). The van der Waals surface area contributed by atoms with Crippen LogP contribution in [0.4, 0.5) is 19.0 Å². The van der Waals surface area contributed by atoms with E-state index < -0.39 is 24.0 Å². The molecule has 0 spiro atoms. The van der Waals surface area contributed by atoms with Gasteiger partial charge in [0.1, 0.15) is 24.3 Å². The van der Waals surface area contributed by atoms with Crippen molar-refractivity contribution in [2.75, 3.05) is 18.5 Å². The van der Waals surface area contributed by atoms with E-state index in [-0.39, 0.29) is 6.42 Å². The molecule has 1 amide bonds. The summed E-state index contributed by atoms with van der Waals surface area (Å²) < 4.78 is 38.4. The van der Waals surface area contributed by atoms with Crippen molar-refractivity contribution in [1.29, 1.82) is 0 Å². The van der Waals surface area contributed by atoms with Crippen molar-refractivity contribution in [1.82, 2.24) is 25.3 Å². The maximum absolute atomic E-state index is 13.0. The number of hydrogen-bond donors (Lipinski definition) is 2. The number of benzene rings is 1. The van der Waals surface area contributed by atoms with Gasteiger partial charge in [0.2, 0.25) is 5.91 Å². The molecule has 3 heterocycles. The maximum atomic E-state index is 13.0. The first kappa shape index (κ1) is 21.9. The van der Waals surface area contributed by atoms with Crippen LogP contribution in [0.2, 0.25) is 0 Å². The number of H-pyrrole nitrogens is 1. The van der Waals surface area contributed by atoms with Gasteiger partial charge in [0, 0.05) is 36.0 Å². The van der Waals surface area contributed by atoms with Crippen LogP contribution in [0.15, 0.2) is 48.9 Å². The predicted octanol–water partition coefficient (Wildman–Crippen LogP) is 2.62. The van der Waals surface area contributed by atoms with Gasteiger partial charge in [-0.2, -0.15) is 13.2 Å². The average molecular weight is 466 g/mol. The van der Waals surface area contributed by atoms with Crippen molar-refractivity contribution in [3.63, 3.8) is 0 Å². The van der Waals surface area contributed by atoms with Crippen molar-refractivity contribution in [2.24, 2.45) is 5.41 Å². The molecule has 0 fully saturated rings. The highest BCUT2D eigenvalue weighted by Gasteiger charge is 2.38. The summed E-state index contributed by atoms with van der Waals surface area (Å²) in [6.07, 6.45) is 0.514. The second-order valence-corrected chi connectivity index (χ2v) is 8.59. The fourth-order valence-electron chi connectivity index (χ4n) is 4.35. The van der Waals surface area contributed by atoms with E-state index in [2.05, 4.69) is 15.0 Å². The zero-order valence-corrected chi connectivity index (χ0v) is 18.4. The van der Waals surface area contributed by atoms with Gasteiger partial charge in [0.05, 0.1) is 21.7 Å². The maximum Gasteiger partial charge on any atom is 0.405 e. The van der Waals surface area contributed by atoms with Crippen LogP contribution in [0.1, 0.15) is 13.3 Å². The van der Waals surface area contributed by atoms with Crippen LogP contribution in [0, 0.1) is 5.41 Å². The van der Waals surface area contributed by atoms with E-state index >= 15 is 0 Å². The van der Waals surface area contributed by atoms with Gasteiger partial charge < -0.3 is 15.2 Å². The summed E-state index contributed by atoms with van der Waals surface area (Å²) in [5, 5.41) is 5.07. The number of halogens is 3. The molecule has 0 bridgehead atoms. The highest BCUT2D eigenvalue weighted by Crippen LogP contribution is 2.34. The number of nitrogens with zero attached hydrogens (tertiary/aromatic N) is 4. The molecule has 0 radical (unpaired) electrons. The molecule has 2 N–H and O–H groups in total. The molecule has 174 valence electrons. The van der Waals surface area contributed by atoms with Crippen molar-refractivity contribution < 1.29 is 18.0 Å². The van der Waals surface area contributed by atoms with E-state index in [4.69, 9.17) is 4.98 Å². The van der Waals surface area contributed by atoms with Crippen molar-refractivity contribution in [3.8, 4) is 0 Å². The largest absolute Gasteiger partial charge is 0.405 e. The van der Waals surface area contributed by atoms with E-state index in [0.29, 0.717) is 16.8 Å². The smallest absolute Gasteiger partial charge is 0.346 e. The quantitative estimate of drug-likeness (QED) is 0.483. The molecule has 3 aromatic heterocycles. The monoisotopic (exact) mass is 466 g/mol. The van der Waals surface area contributed by atoms with E-state index in [9.17, 15) is 18.0 Å². The van der Waals surface area contributed by atoms with Crippen molar-refractivity contribution in [3.05, 3.63) is 59.5 Å². The number of hydrogen-bond acceptors (Lipinski definition) is 5. The minimum Gasteiger partial charge on any atom is -0.346 e. The summed E-state index contributed by atoms with van der Waals surface area (Å²) >= 11 is 0. The van der Waals surface area contributed by atoms with Crippen LogP contribution in [-0.4, -0.2) is 45.6 Å². The van der Waals surface area contributed by atoms with Gasteiger partial charge >= 0.3 is 6.18 Å². The first-order valence-corrected chi connectivity index (χ1v) is 10.6. The molecule has 1 aliphatic carbocycles. The van der Waals surface area contributed by atoms with E-state index in [1.807, 2.05) is 53.7 Å². The van der Waals surface area contributed by atoms with E-state index in [1.165, 1.54) is 6.33 Å². The Hall–Kier alpha value is -3.95. The average Bonchev–Trinajstić information content (AvgIpc) is 3.29. The van der Waals surface area contributed by atoms with E-state index in [1.54, 1.807) is 19.2 Å². The molecular formula is C24H21F3N6O. The molecule has 34 heavy (non-hydrogen) atoms. The number of para-hydroxylation sites is 1. The lowest BCUT2D eigenvalue weighted by Gasteiger charge is -2.33. The number of alkyl halides is 3. The number of rotatable bonds is 4. The summed E-state index contributed by atoms with van der Waals surface area (Å²) in [5.41, 5.74) is 0.861. The van der Waals surface area contributed by atoms with Crippen LogP contribution in [0.3, 0.4) is 0 Å². The summed E-state index contributed by atoms with van der Waals surface area (Å²) in [6.45, 7) is 0.229. The summed E-state index contributed by atoms with van der Waals surface area (Å²) in [7, 11) is 1.82. The van der Waals surface area contributed by atoms with Crippen LogP contribution in [0.25, 0.3) is 33.7 Å². The Labute approximate surface area is 192 Å². The molecule has 7 nitrogen and oxygen atoms in total. The highest BCUT2D eigenvalue weighted by molar-refractivity contribution is 5.94. The number of fused-ring (bicyclic) bond motifs is 3. The SMILES string of the molecule is CN(C1=c2cc3ccccc3nc2=CC(C)(C(=O)NCC(F)(F)F)C1)c1ncnc2[nH]ccc12. The Morgan fingerprint density at radius 3 is 2.82 bits per heavy atom. The summed E-state index contributed by atoms with van der Waals surface area (Å²) in [5.74, 6) is -0.105. The molecular weight excluding hydrogens is 445 g/mol. The lowest BCUT2D eigenvalue weighted by molar-refractivity contribution is -0.142. The third-order valence-electron chi connectivity index (χ3n) is 6.08. The molecule has 0 saturated carbocycles. The van der Waals surface area contributed by atoms with Crippen LogP contribution in [-0.2, 0) is 4.79 Å². The van der Waals surface area contributed by atoms with Crippen LogP contribution >= 0.6 is 0 Å². The molecule has 0 aliphatic heterocycles. The fraction of sp³-hybridized carbons (Fsp3) is 0.250. The van der Waals surface area contributed by atoms with E-state index in [0.717, 1.165) is 27.2 Å². The molecule has 0 saturated heterocycles. The van der Waals surface area contributed by atoms with Crippen molar-refractivity contribution >= 4 is 45.4 Å².